The van der Waals surface area contributed by atoms with E-state index in [1.54, 1.807) is 12.6 Å². The summed E-state index contributed by atoms with van der Waals surface area (Å²) in [7, 11) is 0. The minimum atomic E-state index is -0.124. The fourth-order valence-electron chi connectivity index (χ4n) is 1.30. The van der Waals surface area contributed by atoms with Crippen LogP contribution in [0.25, 0.3) is 0 Å². The van der Waals surface area contributed by atoms with Crippen molar-refractivity contribution in [1.82, 2.24) is 4.90 Å². The predicted octanol–water partition coefficient (Wildman–Crippen LogP) is -0.648. The molecule has 0 bridgehead atoms. The number of aliphatic imine (C=N–C) groups is 2. The second-order valence-electron chi connectivity index (χ2n) is 2.66. The van der Waals surface area contributed by atoms with E-state index in [0.29, 0.717) is 6.54 Å². The van der Waals surface area contributed by atoms with E-state index in [-0.39, 0.29) is 11.8 Å². The van der Waals surface area contributed by atoms with Gasteiger partial charge in [0.1, 0.15) is 12.6 Å². The molecule has 0 saturated heterocycles. The lowest BCUT2D eigenvalue weighted by molar-refractivity contribution is -0.120. The highest BCUT2D eigenvalue weighted by Crippen LogP contribution is 2.05. The summed E-state index contributed by atoms with van der Waals surface area (Å²) in [6, 6.07) is -0.124. The van der Waals surface area contributed by atoms with Crippen LogP contribution >= 0.6 is 0 Å². The molecule has 0 amide bonds. The highest BCUT2D eigenvalue weighted by atomic mass is 16.1. The van der Waals surface area contributed by atoms with Crippen LogP contribution < -0.4 is 0 Å². The Morgan fingerprint density at radius 2 is 2.45 bits per heavy atom. The van der Waals surface area contributed by atoms with Gasteiger partial charge in [-0.2, -0.15) is 0 Å². The van der Waals surface area contributed by atoms with Gasteiger partial charge in [0.05, 0.1) is 12.9 Å². The van der Waals surface area contributed by atoms with Gasteiger partial charge in [-0.15, -0.1) is 0 Å². The number of hydrogen-bond donors (Lipinski definition) is 0. The Hall–Kier alpha value is -1.19. The van der Waals surface area contributed by atoms with Crippen molar-refractivity contribution in [3.8, 4) is 0 Å². The third-order valence-corrected chi connectivity index (χ3v) is 1.90. The summed E-state index contributed by atoms with van der Waals surface area (Å²) in [5, 5.41) is 0. The lowest BCUT2D eigenvalue weighted by Crippen LogP contribution is -2.48. The topological polar surface area (TPSA) is 45.0 Å². The molecule has 2 aliphatic rings. The number of nitrogens with zero attached hydrogens (tertiary/aromatic N) is 3. The standard InChI is InChI=1S/C7H9N3O/c11-7-4-9-5-10-2-1-8-3-6(7)10/h3,5-6H,1-2,4H2. The first kappa shape index (κ1) is 6.52. The van der Waals surface area contributed by atoms with Crippen LogP contribution in [0, 0.1) is 0 Å². The summed E-state index contributed by atoms with van der Waals surface area (Å²) < 4.78 is 0. The summed E-state index contributed by atoms with van der Waals surface area (Å²) in [5.74, 6) is 0.149. The highest BCUT2D eigenvalue weighted by Gasteiger charge is 2.26. The van der Waals surface area contributed by atoms with Crippen LogP contribution in [0.4, 0.5) is 0 Å². The first-order valence-electron chi connectivity index (χ1n) is 3.66. The number of carbonyl (C=O) groups excluding carboxylic acids is 1. The zero-order chi connectivity index (χ0) is 7.68. The molecule has 0 radical (unpaired) electrons. The number of rotatable bonds is 0. The molecule has 2 aliphatic heterocycles. The number of fused-ring (bicyclic) bond motifs is 1. The van der Waals surface area contributed by atoms with E-state index in [0.717, 1.165) is 13.1 Å². The maximum Gasteiger partial charge on any atom is 0.182 e. The molecule has 2 heterocycles. The van der Waals surface area contributed by atoms with E-state index in [2.05, 4.69) is 9.98 Å². The molecule has 0 saturated carbocycles. The third kappa shape index (κ3) is 1.04. The van der Waals surface area contributed by atoms with Crippen LogP contribution in [-0.4, -0.2) is 48.9 Å². The van der Waals surface area contributed by atoms with Crippen LogP contribution in [0.5, 0.6) is 0 Å². The normalized spacial score (nSPS) is 28.9. The Balaban J connectivity index is 2.26. The van der Waals surface area contributed by atoms with E-state index in [1.165, 1.54) is 0 Å². The van der Waals surface area contributed by atoms with Gasteiger partial charge in [-0.05, 0) is 0 Å². The van der Waals surface area contributed by atoms with Gasteiger partial charge in [-0.25, -0.2) is 0 Å². The molecule has 0 aromatic rings. The second kappa shape index (κ2) is 2.45. The van der Waals surface area contributed by atoms with Crippen molar-refractivity contribution in [3.63, 3.8) is 0 Å². The maximum absolute atomic E-state index is 11.2. The minimum absolute atomic E-state index is 0.124. The summed E-state index contributed by atoms with van der Waals surface area (Å²) >= 11 is 0. The van der Waals surface area contributed by atoms with E-state index >= 15 is 0 Å². The molecule has 4 heteroatoms. The van der Waals surface area contributed by atoms with Gasteiger partial charge in [-0.3, -0.25) is 14.8 Å². The molecule has 0 aromatic heterocycles. The van der Waals surface area contributed by atoms with E-state index in [9.17, 15) is 4.79 Å². The first-order valence-corrected chi connectivity index (χ1v) is 3.66. The summed E-state index contributed by atoms with van der Waals surface area (Å²) in [6.07, 6.45) is 3.47. The van der Waals surface area contributed by atoms with E-state index in [4.69, 9.17) is 0 Å². The van der Waals surface area contributed by atoms with Gasteiger partial charge in [0, 0.05) is 12.8 Å². The van der Waals surface area contributed by atoms with Crippen LogP contribution in [0.15, 0.2) is 9.98 Å². The summed E-state index contributed by atoms with van der Waals surface area (Å²) in [4.78, 5) is 21.1. The van der Waals surface area contributed by atoms with Crippen LogP contribution in [-0.2, 0) is 4.79 Å². The molecule has 2 rings (SSSR count). The van der Waals surface area contributed by atoms with Crippen LogP contribution in [0.1, 0.15) is 0 Å². The first-order chi connectivity index (χ1) is 5.38. The number of ketones is 1. The fraction of sp³-hybridized carbons (Fsp3) is 0.571. The molecular formula is C7H9N3O. The number of Topliss-reactive ketones (excluding diaryl/α,β-unsaturated/α-hetero) is 1. The fourth-order valence-corrected chi connectivity index (χ4v) is 1.30. The molecule has 0 aromatic carbocycles. The molecule has 11 heavy (non-hydrogen) atoms. The minimum Gasteiger partial charge on any atom is -0.346 e. The van der Waals surface area contributed by atoms with Gasteiger partial charge in [0.2, 0.25) is 0 Å². The third-order valence-electron chi connectivity index (χ3n) is 1.90. The number of carbonyl (C=O) groups is 1. The molecule has 4 nitrogen and oxygen atoms in total. The molecule has 0 N–H and O–H groups in total. The molecule has 0 fully saturated rings. The van der Waals surface area contributed by atoms with Crippen molar-refractivity contribution in [3.05, 3.63) is 0 Å². The average Bonchev–Trinajstić information content (AvgIpc) is 2.06. The Morgan fingerprint density at radius 1 is 1.55 bits per heavy atom. The summed E-state index contributed by atoms with van der Waals surface area (Å²) in [5.41, 5.74) is 0. The molecule has 1 unspecified atom stereocenters. The zero-order valence-electron chi connectivity index (χ0n) is 6.10. The van der Waals surface area contributed by atoms with Crippen molar-refractivity contribution in [2.45, 2.75) is 6.04 Å². The molecule has 58 valence electrons. The zero-order valence-corrected chi connectivity index (χ0v) is 6.10. The lowest BCUT2D eigenvalue weighted by atomic mass is 10.1. The monoisotopic (exact) mass is 151 g/mol. The van der Waals surface area contributed by atoms with Crippen molar-refractivity contribution in [2.75, 3.05) is 19.6 Å². The van der Waals surface area contributed by atoms with Crippen LogP contribution in [0.3, 0.4) is 0 Å². The van der Waals surface area contributed by atoms with Crippen molar-refractivity contribution < 1.29 is 4.79 Å². The highest BCUT2D eigenvalue weighted by molar-refractivity contribution is 6.03. The predicted molar refractivity (Wildman–Crippen MR) is 42.2 cm³/mol. The Kier molecular flexibility index (Phi) is 1.45. The molecule has 1 atom stereocenters. The second-order valence-corrected chi connectivity index (χ2v) is 2.66. The maximum atomic E-state index is 11.2. The van der Waals surface area contributed by atoms with Gasteiger partial charge in [0.25, 0.3) is 0 Å². The van der Waals surface area contributed by atoms with Crippen molar-refractivity contribution in [1.29, 1.82) is 0 Å². The van der Waals surface area contributed by atoms with Crippen LogP contribution in [0.2, 0.25) is 0 Å². The SMILES string of the molecule is O=C1CN=CN2CCN=CC12. The number of hydrogen-bond acceptors (Lipinski definition) is 4. The van der Waals surface area contributed by atoms with E-state index < -0.39 is 0 Å². The quantitative estimate of drug-likeness (QED) is 0.462. The summed E-state index contributed by atoms with van der Waals surface area (Å²) in [6.45, 7) is 1.90. The lowest BCUT2D eigenvalue weighted by Gasteiger charge is -2.30. The van der Waals surface area contributed by atoms with Crippen molar-refractivity contribution >= 4 is 18.3 Å². The van der Waals surface area contributed by atoms with Gasteiger partial charge < -0.3 is 4.90 Å². The molecule has 0 spiro atoms. The van der Waals surface area contributed by atoms with Gasteiger partial charge in [0.15, 0.2) is 5.78 Å². The Bertz CT molecular complexity index is 234. The smallest absolute Gasteiger partial charge is 0.182 e. The Morgan fingerprint density at radius 3 is 3.27 bits per heavy atom. The van der Waals surface area contributed by atoms with Gasteiger partial charge >= 0.3 is 0 Å². The van der Waals surface area contributed by atoms with Gasteiger partial charge in [-0.1, -0.05) is 0 Å². The molecule has 0 aliphatic carbocycles. The Labute approximate surface area is 64.6 Å². The largest absolute Gasteiger partial charge is 0.346 e. The van der Waals surface area contributed by atoms with Crippen molar-refractivity contribution in [2.24, 2.45) is 9.98 Å². The molecular weight excluding hydrogens is 142 g/mol. The van der Waals surface area contributed by atoms with E-state index in [1.807, 2.05) is 4.90 Å². The average molecular weight is 151 g/mol.